The Balaban J connectivity index is 2.78. The predicted molar refractivity (Wildman–Crippen MR) is 63.4 cm³/mol. The summed E-state index contributed by atoms with van der Waals surface area (Å²) in [5, 5.41) is 2.73. The number of nitrogens with one attached hydrogen (secondary N) is 1. The maximum absolute atomic E-state index is 10.8. The topological polar surface area (TPSA) is 55.1 Å². The van der Waals surface area contributed by atoms with Crippen molar-refractivity contribution in [1.82, 2.24) is 0 Å². The normalized spacial score (nSPS) is 12.7. The molecule has 1 amide bonds. The molecule has 3 heteroatoms. The average Bonchev–Trinajstić information content (AvgIpc) is 2.14. The molecule has 0 aromatic heterocycles. The highest BCUT2D eigenvalue weighted by Crippen LogP contribution is 2.11. The molecule has 0 aliphatic rings. The summed E-state index contributed by atoms with van der Waals surface area (Å²) in [4.78, 5) is 10.8. The highest BCUT2D eigenvalue weighted by atomic mass is 16.1. The number of hydrogen-bond donors (Lipinski definition) is 2. The molecule has 3 N–H and O–H groups in total. The summed E-state index contributed by atoms with van der Waals surface area (Å²) in [7, 11) is 0. The third-order valence-corrected chi connectivity index (χ3v) is 1.80. The Morgan fingerprint density at radius 3 is 2.87 bits per heavy atom. The Morgan fingerprint density at radius 1 is 1.53 bits per heavy atom. The molecule has 0 spiro atoms. The van der Waals surface area contributed by atoms with Crippen LogP contribution >= 0.6 is 0 Å². The molecule has 1 rings (SSSR count). The van der Waals surface area contributed by atoms with Gasteiger partial charge in [-0.15, -0.1) is 0 Å². The van der Waals surface area contributed by atoms with Gasteiger partial charge in [-0.3, -0.25) is 4.79 Å². The van der Waals surface area contributed by atoms with Gasteiger partial charge in [-0.05, 0) is 24.6 Å². The third-order valence-electron chi connectivity index (χ3n) is 1.80. The van der Waals surface area contributed by atoms with Crippen LogP contribution in [0.4, 0.5) is 5.69 Å². The van der Waals surface area contributed by atoms with Gasteiger partial charge >= 0.3 is 0 Å². The molecule has 1 aromatic rings. The number of anilines is 1. The van der Waals surface area contributed by atoms with Crippen LogP contribution in [0.25, 0.3) is 6.08 Å². The smallest absolute Gasteiger partial charge is 0.221 e. The zero-order valence-electron chi connectivity index (χ0n) is 9.03. The van der Waals surface area contributed by atoms with Gasteiger partial charge in [-0.1, -0.05) is 24.3 Å². The molecule has 1 aromatic carbocycles. The molecule has 1 unspecified atom stereocenters. The number of nitrogens with two attached hydrogens (primary N) is 1. The van der Waals surface area contributed by atoms with Crippen molar-refractivity contribution < 1.29 is 4.79 Å². The lowest BCUT2D eigenvalue weighted by molar-refractivity contribution is -0.114. The summed E-state index contributed by atoms with van der Waals surface area (Å²) in [5.74, 6) is -0.0664. The molecule has 0 aliphatic heterocycles. The lowest BCUT2D eigenvalue weighted by Gasteiger charge is -2.03. The van der Waals surface area contributed by atoms with Crippen molar-refractivity contribution in [3.05, 3.63) is 35.9 Å². The van der Waals surface area contributed by atoms with Gasteiger partial charge < -0.3 is 11.1 Å². The van der Waals surface area contributed by atoms with Crippen LogP contribution in [-0.2, 0) is 4.79 Å². The van der Waals surface area contributed by atoms with Crippen LogP contribution < -0.4 is 11.1 Å². The number of carbonyl (C=O) groups is 1. The average molecular weight is 204 g/mol. The highest BCUT2D eigenvalue weighted by molar-refractivity contribution is 5.88. The molecular weight excluding hydrogens is 188 g/mol. The predicted octanol–water partition coefficient (Wildman–Crippen LogP) is 2.01. The van der Waals surface area contributed by atoms with Crippen LogP contribution in [-0.4, -0.2) is 11.9 Å². The Hall–Kier alpha value is -1.61. The van der Waals surface area contributed by atoms with Crippen LogP contribution in [0, 0.1) is 0 Å². The molecule has 0 aliphatic carbocycles. The summed E-state index contributed by atoms with van der Waals surface area (Å²) in [6.45, 7) is 3.40. The van der Waals surface area contributed by atoms with E-state index >= 15 is 0 Å². The minimum Gasteiger partial charge on any atom is -0.326 e. The Morgan fingerprint density at radius 2 is 2.27 bits per heavy atom. The Labute approximate surface area is 90.0 Å². The number of hydrogen-bond acceptors (Lipinski definition) is 2. The van der Waals surface area contributed by atoms with Crippen LogP contribution in [0.3, 0.4) is 0 Å². The molecule has 1 atom stereocenters. The molecule has 0 saturated carbocycles. The lowest BCUT2D eigenvalue weighted by Crippen LogP contribution is -2.10. The Kier molecular flexibility index (Phi) is 4.06. The number of amides is 1. The summed E-state index contributed by atoms with van der Waals surface area (Å²) in [6.07, 6.45) is 3.85. The summed E-state index contributed by atoms with van der Waals surface area (Å²) in [5.41, 5.74) is 7.43. The van der Waals surface area contributed by atoms with Gasteiger partial charge in [0, 0.05) is 18.7 Å². The molecule has 15 heavy (non-hydrogen) atoms. The second kappa shape index (κ2) is 5.32. The molecule has 0 radical (unpaired) electrons. The van der Waals surface area contributed by atoms with Gasteiger partial charge in [0.15, 0.2) is 0 Å². The van der Waals surface area contributed by atoms with Gasteiger partial charge in [-0.2, -0.15) is 0 Å². The van der Waals surface area contributed by atoms with Gasteiger partial charge in [-0.25, -0.2) is 0 Å². The van der Waals surface area contributed by atoms with E-state index in [1.165, 1.54) is 6.92 Å². The first kappa shape index (κ1) is 11.5. The fourth-order valence-electron chi connectivity index (χ4n) is 1.19. The SMILES string of the molecule is CC(=O)Nc1cccc(/C=C/C(C)N)c1. The van der Waals surface area contributed by atoms with Crippen molar-refractivity contribution in [2.75, 3.05) is 5.32 Å². The van der Waals surface area contributed by atoms with E-state index < -0.39 is 0 Å². The van der Waals surface area contributed by atoms with Crippen molar-refractivity contribution >= 4 is 17.7 Å². The molecule has 0 bridgehead atoms. The molecule has 80 valence electrons. The largest absolute Gasteiger partial charge is 0.326 e. The van der Waals surface area contributed by atoms with Crippen molar-refractivity contribution in [2.24, 2.45) is 5.73 Å². The van der Waals surface area contributed by atoms with E-state index in [0.717, 1.165) is 11.3 Å². The first-order valence-corrected chi connectivity index (χ1v) is 4.89. The maximum Gasteiger partial charge on any atom is 0.221 e. The quantitative estimate of drug-likeness (QED) is 0.791. The van der Waals surface area contributed by atoms with Crippen molar-refractivity contribution in [1.29, 1.82) is 0 Å². The summed E-state index contributed by atoms with van der Waals surface area (Å²) in [6, 6.07) is 7.65. The second-order valence-corrected chi connectivity index (χ2v) is 3.52. The highest BCUT2D eigenvalue weighted by Gasteiger charge is 1.95. The zero-order chi connectivity index (χ0) is 11.3. The standard InChI is InChI=1S/C12H16N2O/c1-9(13)6-7-11-4-3-5-12(8-11)14-10(2)15/h3-9H,13H2,1-2H3,(H,14,15)/b7-6+. The van der Waals surface area contributed by atoms with Gasteiger partial charge in [0.25, 0.3) is 0 Å². The monoisotopic (exact) mass is 204 g/mol. The molecular formula is C12H16N2O. The van der Waals surface area contributed by atoms with Crippen LogP contribution in [0.5, 0.6) is 0 Å². The zero-order valence-corrected chi connectivity index (χ0v) is 9.03. The lowest BCUT2D eigenvalue weighted by atomic mass is 10.1. The van der Waals surface area contributed by atoms with E-state index in [2.05, 4.69) is 5.32 Å². The molecule has 3 nitrogen and oxygen atoms in total. The first-order valence-electron chi connectivity index (χ1n) is 4.89. The minimum atomic E-state index is -0.0664. The first-order chi connectivity index (χ1) is 7.08. The number of carbonyl (C=O) groups excluding carboxylic acids is 1. The molecule has 0 saturated heterocycles. The van der Waals surface area contributed by atoms with E-state index in [4.69, 9.17) is 5.73 Å². The van der Waals surface area contributed by atoms with E-state index in [0.29, 0.717) is 0 Å². The van der Waals surface area contributed by atoms with Crippen molar-refractivity contribution in [3.8, 4) is 0 Å². The van der Waals surface area contributed by atoms with E-state index in [9.17, 15) is 4.79 Å². The van der Waals surface area contributed by atoms with Crippen molar-refractivity contribution in [2.45, 2.75) is 19.9 Å². The molecule has 0 fully saturated rings. The summed E-state index contributed by atoms with van der Waals surface area (Å²) >= 11 is 0. The number of benzene rings is 1. The maximum atomic E-state index is 10.8. The fraction of sp³-hybridized carbons (Fsp3) is 0.250. The van der Waals surface area contributed by atoms with Gasteiger partial charge in [0.05, 0.1) is 0 Å². The van der Waals surface area contributed by atoms with Gasteiger partial charge in [0.1, 0.15) is 0 Å². The molecule has 0 heterocycles. The van der Waals surface area contributed by atoms with Gasteiger partial charge in [0.2, 0.25) is 5.91 Å². The van der Waals surface area contributed by atoms with Crippen LogP contribution in [0.2, 0.25) is 0 Å². The fourth-order valence-corrected chi connectivity index (χ4v) is 1.19. The Bertz CT molecular complexity index is 370. The van der Waals surface area contributed by atoms with E-state index in [1.54, 1.807) is 0 Å². The number of rotatable bonds is 3. The van der Waals surface area contributed by atoms with Crippen molar-refractivity contribution in [3.63, 3.8) is 0 Å². The minimum absolute atomic E-state index is 0.0365. The summed E-state index contributed by atoms with van der Waals surface area (Å²) < 4.78 is 0. The second-order valence-electron chi connectivity index (χ2n) is 3.52. The van der Waals surface area contributed by atoms with E-state index in [-0.39, 0.29) is 11.9 Å². The van der Waals surface area contributed by atoms with Crippen LogP contribution in [0.15, 0.2) is 30.3 Å². The van der Waals surface area contributed by atoms with Crippen LogP contribution in [0.1, 0.15) is 19.4 Å². The van der Waals surface area contributed by atoms with E-state index in [1.807, 2.05) is 43.3 Å². The third kappa shape index (κ3) is 4.42.